The number of benzene rings is 2. The minimum Gasteiger partial charge on any atom is -0.462 e. The number of hydrogen-bond donors (Lipinski definition) is 2. The zero-order valence-electron chi connectivity index (χ0n) is 13.3. The molecule has 0 fully saturated rings. The monoisotopic (exact) mass is 328 g/mol. The molecule has 0 saturated heterocycles. The molecule has 0 bridgehead atoms. The van der Waals surface area contributed by atoms with Gasteiger partial charge in [-0.2, -0.15) is 0 Å². The molecule has 5 heteroatoms. The Labute approximate surface area is 141 Å². The number of nitrogens with one attached hydrogen (secondary N) is 2. The van der Waals surface area contributed by atoms with Crippen LogP contribution in [0.4, 0.5) is 5.69 Å². The Hall–Kier alpha value is -2.40. The van der Waals surface area contributed by atoms with Crippen LogP contribution in [-0.4, -0.2) is 17.7 Å². The number of esters is 1. The van der Waals surface area contributed by atoms with Crippen LogP contribution < -0.4 is 10.6 Å². The van der Waals surface area contributed by atoms with Gasteiger partial charge in [0, 0.05) is 12.2 Å². The number of thiocarbonyl (C=S) groups is 1. The lowest BCUT2D eigenvalue weighted by Crippen LogP contribution is -2.28. The van der Waals surface area contributed by atoms with E-state index in [4.69, 9.17) is 17.0 Å². The van der Waals surface area contributed by atoms with Crippen molar-refractivity contribution >= 4 is 29.0 Å². The summed E-state index contributed by atoms with van der Waals surface area (Å²) in [6, 6.07) is 15.3. The third-order valence-corrected chi connectivity index (χ3v) is 3.41. The van der Waals surface area contributed by atoms with Crippen molar-refractivity contribution in [3.05, 3.63) is 65.2 Å². The van der Waals surface area contributed by atoms with Gasteiger partial charge in [-0.3, -0.25) is 0 Å². The number of rotatable bonds is 5. The van der Waals surface area contributed by atoms with Gasteiger partial charge in [-0.25, -0.2) is 4.79 Å². The van der Waals surface area contributed by atoms with Gasteiger partial charge in [0.05, 0.1) is 12.2 Å². The molecule has 0 amide bonds. The smallest absolute Gasteiger partial charge is 0.338 e. The van der Waals surface area contributed by atoms with Gasteiger partial charge in [-0.05, 0) is 49.8 Å². The number of carbonyl (C=O) groups excluding carboxylic acids is 1. The van der Waals surface area contributed by atoms with E-state index in [-0.39, 0.29) is 5.97 Å². The summed E-state index contributed by atoms with van der Waals surface area (Å²) in [6.45, 7) is 4.84. The molecule has 2 aromatic carbocycles. The fraction of sp³-hybridized carbons (Fsp3) is 0.222. The van der Waals surface area contributed by atoms with E-state index >= 15 is 0 Å². The minimum absolute atomic E-state index is 0.338. The van der Waals surface area contributed by atoms with Crippen LogP contribution >= 0.6 is 12.2 Å². The van der Waals surface area contributed by atoms with E-state index in [0.717, 1.165) is 11.3 Å². The van der Waals surface area contributed by atoms with E-state index in [1.165, 1.54) is 5.56 Å². The molecule has 0 atom stereocenters. The Balaban J connectivity index is 1.92. The molecule has 0 radical (unpaired) electrons. The Kier molecular flexibility index (Phi) is 6.11. The summed E-state index contributed by atoms with van der Waals surface area (Å²) in [6.07, 6.45) is 0. The topological polar surface area (TPSA) is 50.4 Å². The van der Waals surface area contributed by atoms with E-state index in [9.17, 15) is 4.79 Å². The lowest BCUT2D eigenvalue weighted by Gasteiger charge is -2.11. The van der Waals surface area contributed by atoms with Crippen molar-refractivity contribution in [2.45, 2.75) is 20.4 Å². The molecular formula is C18H20N2O2S. The van der Waals surface area contributed by atoms with Crippen LogP contribution in [0.5, 0.6) is 0 Å². The molecule has 0 heterocycles. The molecule has 23 heavy (non-hydrogen) atoms. The summed E-state index contributed by atoms with van der Waals surface area (Å²) < 4.78 is 4.99. The molecule has 0 aliphatic heterocycles. The Morgan fingerprint density at radius 3 is 2.70 bits per heavy atom. The van der Waals surface area contributed by atoms with Crippen LogP contribution in [0.2, 0.25) is 0 Å². The van der Waals surface area contributed by atoms with Gasteiger partial charge in [0.25, 0.3) is 0 Å². The molecule has 120 valence electrons. The molecule has 0 spiro atoms. The van der Waals surface area contributed by atoms with Crippen molar-refractivity contribution in [2.24, 2.45) is 0 Å². The number of aryl methyl sites for hydroxylation is 1. The van der Waals surface area contributed by atoms with Gasteiger partial charge in [0.2, 0.25) is 0 Å². The molecule has 2 rings (SSSR count). The van der Waals surface area contributed by atoms with Crippen molar-refractivity contribution in [3.8, 4) is 0 Å². The first kappa shape index (κ1) is 17.0. The number of ether oxygens (including phenoxy) is 1. The van der Waals surface area contributed by atoms with E-state index < -0.39 is 0 Å². The molecule has 0 saturated carbocycles. The fourth-order valence-electron chi connectivity index (χ4n) is 2.12. The van der Waals surface area contributed by atoms with Crippen LogP contribution in [0.3, 0.4) is 0 Å². The predicted octanol–water partition coefficient (Wildman–Crippen LogP) is 3.66. The van der Waals surface area contributed by atoms with Gasteiger partial charge >= 0.3 is 5.97 Å². The van der Waals surface area contributed by atoms with Gasteiger partial charge in [0.15, 0.2) is 5.11 Å². The first-order valence-corrected chi connectivity index (χ1v) is 7.87. The third kappa shape index (κ3) is 5.38. The summed E-state index contributed by atoms with van der Waals surface area (Å²) in [5.41, 5.74) is 3.62. The highest BCUT2D eigenvalue weighted by atomic mass is 32.1. The quantitative estimate of drug-likeness (QED) is 0.648. The summed E-state index contributed by atoms with van der Waals surface area (Å²) >= 11 is 5.29. The van der Waals surface area contributed by atoms with Gasteiger partial charge in [-0.1, -0.05) is 35.9 Å². The van der Waals surface area contributed by atoms with Crippen molar-refractivity contribution in [3.63, 3.8) is 0 Å². The van der Waals surface area contributed by atoms with Gasteiger partial charge in [-0.15, -0.1) is 0 Å². The van der Waals surface area contributed by atoms with Crippen molar-refractivity contribution < 1.29 is 9.53 Å². The lowest BCUT2D eigenvalue weighted by molar-refractivity contribution is 0.0526. The summed E-state index contributed by atoms with van der Waals surface area (Å²) in [5.74, 6) is -0.338. The zero-order valence-corrected chi connectivity index (χ0v) is 14.1. The summed E-state index contributed by atoms with van der Waals surface area (Å²) in [7, 11) is 0. The van der Waals surface area contributed by atoms with Crippen LogP contribution in [0.25, 0.3) is 0 Å². The highest BCUT2D eigenvalue weighted by Gasteiger charge is 2.07. The predicted molar refractivity (Wildman–Crippen MR) is 96.6 cm³/mol. The molecular weight excluding hydrogens is 308 g/mol. The third-order valence-electron chi connectivity index (χ3n) is 3.17. The van der Waals surface area contributed by atoms with E-state index in [1.54, 1.807) is 25.1 Å². The summed E-state index contributed by atoms with van der Waals surface area (Å²) in [4.78, 5) is 11.7. The highest BCUT2D eigenvalue weighted by Crippen LogP contribution is 2.12. The first-order chi connectivity index (χ1) is 11.1. The van der Waals surface area contributed by atoms with Crippen LogP contribution in [0, 0.1) is 6.92 Å². The zero-order chi connectivity index (χ0) is 16.7. The Morgan fingerprint density at radius 2 is 1.96 bits per heavy atom. The average Bonchev–Trinajstić information content (AvgIpc) is 2.53. The fourth-order valence-corrected chi connectivity index (χ4v) is 2.31. The second-order valence-corrected chi connectivity index (χ2v) is 5.51. The maximum Gasteiger partial charge on any atom is 0.338 e. The van der Waals surface area contributed by atoms with Gasteiger partial charge < -0.3 is 15.4 Å². The first-order valence-electron chi connectivity index (χ1n) is 7.46. The van der Waals surface area contributed by atoms with Crippen LogP contribution in [0.15, 0.2) is 48.5 Å². The lowest BCUT2D eigenvalue weighted by atomic mass is 10.1. The van der Waals surface area contributed by atoms with Crippen molar-refractivity contribution in [1.29, 1.82) is 0 Å². The molecule has 2 N–H and O–H groups in total. The Bertz CT molecular complexity index is 701. The van der Waals surface area contributed by atoms with Crippen molar-refractivity contribution in [1.82, 2.24) is 5.32 Å². The van der Waals surface area contributed by atoms with E-state index in [0.29, 0.717) is 23.8 Å². The Morgan fingerprint density at radius 1 is 1.17 bits per heavy atom. The maximum absolute atomic E-state index is 11.7. The molecule has 2 aromatic rings. The standard InChI is InChI=1S/C18H20N2O2S/c1-3-22-17(21)15-8-5-9-16(11-15)20-18(23)19-12-14-7-4-6-13(2)10-14/h4-11H,3,12H2,1-2H3,(H2,19,20,23). The average molecular weight is 328 g/mol. The van der Waals surface area contributed by atoms with Crippen LogP contribution in [0.1, 0.15) is 28.4 Å². The second kappa shape index (κ2) is 8.29. The number of hydrogen-bond acceptors (Lipinski definition) is 3. The minimum atomic E-state index is -0.338. The second-order valence-electron chi connectivity index (χ2n) is 5.10. The van der Waals surface area contributed by atoms with Crippen molar-refractivity contribution in [2.75, 3.05) is 11.9 Å². The largest absolute Gasteiger partial charge is 0.462 e. The molecule has 0 aliphatic carbocycles. The number of carbonyl (C=O) groups is 1. The normalized spacial score (nSPS) is 10.0. The van der Waals surface area contributed by atoms with Crippen LogP contribution in [-0.2, 0) is 11.3 Å². The molecule has 0 aromatic heterocycles. The number of anilines is 1. The maximum atomic E-state index is 11.7. The molecule has 0 unspecified atom stereocenters. The summed E-state index contributed by atoms with van der Waals surface area (Å²) in [5, 5.41) is 6.74. The van der Waals surface area contributed by atoms with E-state index in [2.05, 4.69) is 29.7 Å². The van der Waals surface area contributed by atoms with Gasteiger partial charge in [0.1, 0.15) is 0 Å². The molecule has 4 nitrogen and oxygen atoms in total. The highest BCUT2D eigenvalue weighted by molar-refractivity contribution is 7.80. The molecule has 0 aliphatic rings. The van der Waals surface area contributed by atoms with E-state index in [1.807, 2.05) is 18.2 Å². The SMILES string of the molecule is CCOC(=O)c1cccc(NC(=S)NCc2cccc(C)c2)c1.